The van der Waals surface area contributed by atoms with Crippen molar-refractivity contribution in [3.8, 4) is 0 Å². The summed E-state index contributed by atoms with van der Waals surface area (Å²) in [4.78, 5) is 17.2. The molecule has 5 nitrogen and oxygen atoms in total. The number of hydrogen-bond acceptors (Lipinski definition) is 5. The second kappa shape index (κ2) is 8.84. The minimum atomic E-state index is -0.0688. The maximum atomic E-state index is 11.9. The third-order valence-corrected chi connectivity index (χ3v) is 5.21. The van der Waals surface area contributed by atoms with Crippen molar-refractivity contribution in [3.05, 3.63) is 63.1 Å². The minimum absolute atomic E-state index is 0.0688. The zero-order valence-electron chi connectivity index (χ0n) is 13.1. The number of benzene rings is 1. The molecule has 3 rings (SSSR count). The Morgan fingerprint density at radius 1 is 1.24 bits per heavy atom. The average molecular weight is 391 g/mol. The van der Waals surface area contributed by atoms with Crippen LogP contribution in [0.25, 0.3) is 12.2 Å². The number of hydrogen-bond donors (Lipinski definition) is 2. The van der Waals surface area contributed by atoms with E-state index in [0.717, 1.165) is 14.8 Å². The molecule has 0 aliphatic heterocycles. The van der Waals surface area contributed by atoms with Gasteiger partial charge in [-0.05, 0) is 23.8 Å². The van der Waals surface area contributed by atoms with Crippen LogP contribution in [-0.2, 0) is 11.3 Å². The normalized spacial score (nSPS) is 11.1. The van der Waals surface area contributed by atoms with Crippen molar-refractivity contribution in [2.45, 2.75) is 11.7 Å². The van der Waals surface area contributed by atoms with Gasteiger partial charge in [0.15, 0.2) is 0 Å². The lowest BCUT2D eigenvalue weighted by molar-refractivity contribution is -0.118. The fourth-order valence-corrected chi connectivity index (χ4v) is 3.61. The number of carbonyl (C=O) groups is 1. The largest absolute Gasteiger partial charge is 0.350 e. The van der Waals surface area contributed by atoms with Gasteiger partial charge in [-0.3, -0.25) is 9.89 Å². The first kappa shape index (κ1) is 17.7. The van der Waals surface area contributed by atoms with Crippen molar-refractivity contribution >= 4 is 52.8 Å². The minimum Gasteiger partial charge on any atom is -0.350 e. The monoisotopic (exact) mass is 390 g/mol. The number of thiophene rings is 1. The van der Waals surface area contributed by atoms with E-state index in [2.05, 4.69) is 20.5 Å². The van der Waals surface area contributed by atoms with Crippen molar-refractivity contribution in [1.29, 1.82) is 0 Å². The van der Waals surface area contributed by atoms with Crippen molar-refractivity contribution in [3.63, 3.8) is 0 Å². The van der Waals surface area contributed by atoms with E-state index in [0.29, 0.717) is 17.5 Å². The Labute approximate surface area is 158 Å². The zero-order valence-corrected chi connectivity index (χ0v) is 15.5. The van der Waals surface area contributed by atoms with E-state index < -0.39 is 0 Å². The third kappa shape index (κ3) is 5.74. The van der Waals surface area contributed by atoms with E-state index in [1.54, 1.807) is 0 Å². The van der Waals surface area contributed by atoms with Crippen LogP contribution in [-0.4, -0.2) is 26.8 Å². The molecule has 0 atom stereocenters. The van der Waals surface area contributed by atoms with Crippen LogP contribution in [0.2, 0.25) is 4.34 Å². The van der Waals surface area contributed by atoms with Gasteiger partial charge in [-0.15, -0.1) is 16.4 Å². The van der Waals surface area contributed by atoms with Crippen LogP contribution in [0.4, 0.5) is 0 Å². The van der Waals surface area contributed by atoms with Crippen molar-refractivity contribution in [1.82, 2.24) is 20.5 Å². The molecule has 1 amide bonds. The molecule has 0 bridgehead atoms. The molecule has 3 aromatic rings. The summed E-state index contributed by atoms with van der Waals surface area (Å²) in [5, 5.41) is 10.3. The lowest BCUT2D eigenvalue weighted by atomic mass is 10.2. The number of halogens is 1. The molecule has 0 spiro atoms. The molecule has 0 aliphatic rings. The lowest BCUT2D eigenvalue weighted by Crippen LogP contribution is -2.24. The van der Waals surface area contributed by atoms with E-state index in [4.69, 9.17) is 11.6 Å². The molecule has 0 aliphatic carbocycles. The van der Waals surface area contributed by atoms with Crippen LogP contribution in [0, 0.1) is 0 Å². The number of amides is 1. The smallest absolute Gasteiger partial charge is 0.230 e. The summed E-state index contributed by atoms with van der Waals surface area (Å²) in [6, 6.07) is 13.7. The number of H-pyrrole nitrogens is 1. The Balaban J connectivity index is 1.45. The predicted molar refractivity (Wildman–Crippen MR) is 104 cm³/mol. The number of thioether (sulfide) groups is 1. The maximum Gasteiger partial charge on any atom is 0.230 e. The van der Waals surface area contributed by atoms with Gasteiger partial charge in [-0.2, -0.15) is 0 Å². The first-order chi connectivity index (χ1) is 12.2. The van der Waals surface area contributed by atoms with Gasteiger partial charge in [0.1, 0.15) is 5.82 Å². The van der Waals surface area contributed by atoms with Crippen LogP contribution < -0.4 is 5.32 Å². The molecular weight excluding hydrogens is 376 g/mol. The molecule has 0 unspecified atom stereocenters. The molecule has 2 aromatic heterocycles. The summed E-state index contributed by atoms with van der Waals surface area (Å²) < 4.78 is 0.718. The standard InChI is InChI=1S/C17H15ClN4OS2/c18-14-8-7-13(25-14)10-19-16(23)11-24-17-20-15(21-22-17)9-6-12-4-2-1-3-5-12/h1-9H,10-11H2,(H,19,23)(H,20,21,22). The molecule has 0 radical (unpaired) electrons. The van der Waals surface area contributed by atoms with Gasteiger partial charge in [-0.25, -0.2) is 4.98 Å². The number of nitrogens with one attached hydrogen (secondary N) is 2. The second-order valence-corrected chi connectivity index (χ2v) is 7.76. The highest BCUT2D eigenvalue weighted by molar-refractivity contribution is 7.99. The number of aromatic nitrogens is 3. The Hall–Kier alpha value is -2.09. The van der Waals surface area contributed by atoms with Gasteiger partial charge in [0, 0.05) is 4.88 Å². The molecule has 0 saturated carbocycles. The Morgan fingerprint density at radius 3 is 2.84 bits per heavy atom. The highest BCUT2D eigenvalue weighted by atomic mass is 35.5. The maximum absolute atomic E-state index is 11.9. The summed E-state index contributed by atoms with van der Waals surface area (Å²) in [6.45, 7) is 0.482. The van der Waals surface area contributed by atoms with Crippen molar-refractivity contribution < 1.29 is 4.79 Å². The second-order valence-electron chi connectivity index (χ2n) is 5.02. The van der Waals surface area contributed by atoms with E-state index in [1.807, 2.05) is 54.6 Å². The predicted octanol–water partition coefficient (Wildman–Crippen LogP) is 4.10. The number of carbonyl (C=O) groups excluding carboxylic acids is 1. The molecule has 2 N–H and O–H groups in total. The van der Waals surface area contributed by atoms with Gasteiger partial charge in [-0.1, -0.05) is 59.8 Å². The average Bonchev–Trinajstić information content (AvgIpc) is 3.26. The quantitative estimate of drug-likeness (QED) is 0.596. The highest BCUT2D eigenvalue weighted by Crippen LogP contribution is 2.21. The molecule has 0 fully saturated rings. The topological polar surface area (TPSA) is 70.7 Å². The van der Waals surface area contributed by atoms with E-state index in [9.17, 15) is 4.79 Å². The van der Waals surface area contributed by atoms with Crippen LogP contribution >= 0.6 is 34.7 Å². The first-order valence-corrected chi connectivity index (χ1v) is 9.66. The third-order valence-electron chi connectivity index (χ3n) is 3.14. The molecule has 1 aromatic carbocycles. The Kier molecular flexibility index (Phi) is 6.27. The summed E-state index contributed by atoms with van der Waals surface area (Å²) >= 11 is 8.61. The summed E-state index contributed by atoms with van der Waals surface area (Å²) in [7, 11) is 0. The van der Waals surface area contributed by atoms with E-state index >= 15 is 0 Å². The Bertz CT molecular complexity index is 860. The van der Waals surface area contributed by atoms with Crippen LogP contribution in [0.3, 0.4) is 0 Å². The molecule has 8 heteroatoms. The molecule has 128 valence electrons. The fourth-order valence-electron chi connectivity index (χ4n) is 1.95. The summed E-state index contributed by atoms with van der Waals surface area (Å²) in [5.74, 6) is 0.847. The van der Waals surface area contributed by atoms with Crippen molar-refractivity contribution in [2.24, 2.45) is 0 Å². The molecule has 25 heavy (non-hydrogen) atoms. The van der Waals surface area contributed by atoms with E-state index in [-0.39, 0.29) is 11.7 Å². The highest BCUT2D eigenvalue weighted by Gasteiger charge is 2.07. The molecular formula is C17H15ClN4OS2. The zero-order chi connectivity index (χ0) is 17.5. The van der Waals surface area contributed by atoms with Gasteiger partial charge in [0.2, 0.25) is 11.1 Å². The number of rotatable bonds is 7. The molecule has 2 heterocycles. The van der Waals surface area contributed by atoms with Gasteiger partial charge in [0.05, 0.1) is 16.6 Å². The molecule has 0 saturated heterocycles. The van der Waals surface area contributed by atoms with Gasteiger partial charge in [0.25, 0.3) is 0 Å². The fraction of sp³-hybridized carbons (Fsp3) is 0.118. The van der Waals surface area contributed by atoms with Gasteiger partial charge >= 0.3 is 0 Å². The number of nitrogens with zero attached hydrogens (tertiary/aromatic N) is 2. The van der Waals surface area contributed by atoms with Crippen LogP contribution in [0.1, 0.15) is 16.3 Å². The number of aromatic amines is 1. The van der Waals surface area contributed by atoms with E-state index in [1.165, 1.54) is 23.1 Å². The summed E-state index contributed by atoms with van der Waals surface area (Å²) in [5.41, 5.74) is 1.08. The van der Waals surface area contributed by atoms with Crippen LogP contribution in [0.5, 0.6) is 0 Å². The van der Waals surface area contributed by atoms with Crippen molar-refractivity contribution in [2.75, 3.05) is 5.75 Å². The first-order valence-electron chi connectivity index (χ1n) is 7.48. The Morgan fingerprint density at radius 2 is 2.08 bits per heavy atom. The van der Waals surface area contributed by atoms with Crippen LogP contribution in [0.15, 0.2) is 47.6 Å². The SMILES string of the molecule is O=C(CSc1n[nH]c(C=Cc2ccccc2)n1)NCc1ccc(Cl)s1. The van der Waals surface area contributed by atoms with Gasteiger partial charge < -0.3 is 5.32 Å². The summed E-state index contributed by atoms with van der Waals surface area (Å²) in [6.07, 6.45) is 3.81. The lowest BCUT2D eigenvalue weighted by Gasteiger charge is -2.01.